The number of fused-ring (bicyclic) bond motifs is 3. The highest BCUT2D eigenvalue weighted by Crippen LogP contribution is 2.28. The number of halogens is 1. The molecule has 0 atom stereocenters. The van der Waals surface area contributed by atoms with Crippen molar-refractivity contribution in [2.75, 3.05) is 24.3 Å². The van der Waals surface area contributed by atoms with Crippen LogP contribution in [-0.4, -0.2) is 44.2 Å². The molecule has 0 radical (unpaired) electrons. The summed E-state index contributed by atoms with van der Waals surface area (Å²) < 4.78 is 16.4. The SMILES string of the molecule is Cc1ccc(F)cc1NC(=O)Cn1nc2c3sc(N(C)C)nc3ncn2c1=O. The van der Waals surface area contributed by atoms with Gasteiger partial charge in [-0.25, -0.2) is 23.3 Å². The summed E-state index contributed by atoms with van der Waals surface area (Å²) in [5, 5.41) is 7.62. The number of carbonyl (C=O) groups excluding carboxylic acids is 1. The molecule has 9 nitrogen and oxygen atoms in total. The second-order valence-electron chi connectivity index (χ2n) is 6.43. The summed E-state index contributed by atoms with van der Waals surface area (Å²) in [6.07, 6.45) is 1.34. The van der Waals surface area contributed by atoms with Crippen LogP contribution in [0, 0.1) is 12.7 Å². The minimum atomic E-state index is -0.490. The summed E-state index contributed by atoms with van der Waals surface area (Å²) in [6, 6.07) is 4.11. The minimum Gasteiger partial charge on any atom is -0.354 e. The highest BCUT2D eigenvalue weighted by molar-refractivity contribution is 7.22. The van der Waals surface area contributed by atoms with E-state index in [2.05, 4.69) is 20.4 Å². The Morgan fingerprint density at radius 3 is 2.89 bits per heavy atom. The van der Waals surface area contributed by atoms with E-state index in [-0.39, 0.29) is 6.54 Å². The first-order valence-electron chi connectivity index (χ1n) is 8.31. The molecule has 1 aromatic carbocycles. The van der Waals surface area contributed by atoms with E-state index in [1.165, 1.54) is 34.2 Å². The van der Waals surface area contributed by atoms with Crippen LogP contribution in [0.5, 0.6) is 0 Å². The largest absolute Gasteiger partial charge is 0.354 e. The Hall–Kier alpha value is -3.34. The molecular weight excluding hydrogens is 385 g/mol. The minimum absolute atomic E-state index is 0.308. The van der Waals surface area contributed by atoms with Crippen LogP contribution in [0.2, 0.25) is 0 Å². The topological polar surface area (TPSA) is 97.4 Å². The fourth-order valence-electron chi connectivity index (χ4n) is 2.67. The fraction of sp³-hybridized carbons (Fsp3) is 0.235. The van der Waals surface area contributed by atoms with Crippen molar-refractivity contribution in [3.05, 3.63) is 46.4 Å². The monoisotopic (exact) mass is 401 g/mol. The number of rotatable bonds is 4. The molecule has 28 heavy (non-hydrogen) atoms. The molecule has 1 N–H and O–H groups in total. The fourth-order valence-corrected chi connectivity index (χ4v) is 3.59. The van der Waals surface area contributed by atoms with Crippen LogP contribution in [-0.2, 0) is 11.3 Å². The average Bonchev–Trinajstić information content (AvgIpc) is 3.20. The number of hydrogen-bond acceptors (Lipinski definition) is 7. The van der Waals surface area contributed by atoms with Crippen LogP contribution in [0.4, 0.5) is 15.2 Å². The number of aryl methyl sites for hydroxylation is 1. The van der Waals surface area contributed by atoms with Gasteiger partial charge in [-0.2, -0.15) is 4.98 Å². The van der Waals surface area contributed by atoms with E-state index in [0.717, 1.165) is 9.81 Å². The number of thiazole rings is 1. The van der Waals surface area contributed by atoms with Crippen LogP contribution in [0.25, 0.3) is 16.0 Å². The molecule has 0 aliphatic rings. The number of anilines is 2. The van der Waals surface area contributed by atoms with Crippen LogP contribution in [0.3, 0.4) is 0 Å². The van der Waals surface area contributed by atoms with Crippen molar-refractivity contribution in [2.24, 2.45) is 0 Å². The molecule has 0 saturated carbocycles. The van der Waals surface area contributed by atoms with Crippen LogP contribution >= 0.6 is 11.3 Å². The maximum atomic E-state index is 13.4. The molecule has 3 aromatic heterocycles. The van der Waals surface area contributed by atoms with E-state index in [9.17, 15) is 14.0 Å². The zero-order valence-electron chi connectivity index (χ0n) is 15.3. The van der Waals surface area contributed by atoms with E-state index in [4.69, 9.17) is 0 Å². The van der Waals surface area contributed by atoms with Crippen molar-refractivity contribution in [1.29, 1.82) is 0 Å². The van der Waals surface area contributed by atoms with Gasteiger partial charge in [-0.15, -0.1) is 5.10 Å². The van der Waals surface area contributed by atoms with E-state index in [0.29, 0.717) is 27.2 Å². The maximum Gasteiger partial charge on any atom is 0.352 e. The summed E-state index contributed by atoms with van der Waals surface area (Å²) in [5.74, 6) is -0.942. The Labute approximate surface area is 162 Å². The number of nitrogens with zero attached hydrogens (tertiary/aromatic N) is 6. The third-order valence-corrected chi connectivity index (χ3v) is 5.33. The quantitative estimate of drug-likeness (QED) is 0.559. The van der Waals surface area contributed by atoms with Gasteiger partial charge in [0.15, 0.2) is 16.4 Å². The van der Waals surface area contributed by atoms with Crippen LogP contribution in [0.1, 0.15) is 5.56 Å². The first kappa shape index (κ1) is 18.0. The third-order valence-electron chi connectivity index (χ3n) is 4.12. The van der Waals surface area contributed by atoms with Gasteiger partial charge in [0.25, 0.3) is 0 Å². The smallest absolute Gasteiger partial charge is 0.352 e. The number of nitrogens with one attached hydrogen (secondary N) is 1. The van der Waals surface area contributed by atoms with Gasteiger partial charge in [0.1, 0.15) is 23.4 Å². The Morgan fingerprint density at radius 2 is 2.14 bits per heavy atom. The molecule has 11 heteroatoms. The number of carbonyl (C=O) groups is 1. The van der Waals surface area contributed by atoms with E-state index < -0.39 is 17.4 Å². The number of benzene rings is 1. The van der Waals surface area contributed by atoms with Gasteiger partial charge in [0, 0.05) is 19.8 Å². The normalized spacial score (nSPS) is 11.3. The van der Waals surface area contributed by atoms with E-state index >= 15 is 0 Å². The number of aromatic nitrogens is 5. The molecule has 3 heterocycles. The Bertz CT molecular complexity index is 1270. The van der Waals surface area contributed by atoms with Gasteiger partial charge in [-0.1, -0.05) is 17.4 Å². The van der Waals surface area contributed by atoms with Crippen LogP contribution in [0.15, 0.2) is 29.3 Å². The molecule has 0 saturated heterocycles. The molecule has 144 valence electrons. The second-order valence-corrected chi connectivity index (χ2v) is 7.41. The summed E-state index contributed by atoms with van der Waals surface area (Å²) in [4.78, 5) is 35.4. The summed E-state index contributed by atoms with van der Waals surface area (Å²) in [5.41, 5.74) is 1.44. The van der Waals surface area contributed by atoms with E-state index in [1.54, 1.807) is 13.0 Å². The van der Waals surface area contributed by atoms with Gasteiger partial charge >= 0.3 is 5.69 Å². The lowest BCUT2D eigenvalue weighted by atomic mass is 10.2. The number of amides is 1. The zero-order valence-corrected chi connectivity index (χ0v) is 16.1. The van der Waals surface area contributed by atoms with Crippen molar-refractivity contribution >= 4 is 44.1 Å². The summed E-state index contributed by atoms with van der Waals surface area (Å²) in [6.45, 7) is 1.44. The van der Waals surface area contributed by atoms with Gasteiger partial charge in [-0.3, -0.25) is 4.79 Å². The predicted octanol–water partition coefficient (Wildman–Crippen LogP) is 1.65. The molecule has 0 aliphatic heterocycles. The Morgan fingerprint density at radius 1 is 1.36 bits per heavy atom. The number of hydrogen-bond donors (Lipinski definition) is 1. The van der Waals surface area contributed by atoms with Crippen molar-refractivity contribution in [1.82, 2.24) is 24.1 Å². The molecule has 0 spiro atoms. The van der Waals surface area contributed by atoms with Crippen molar-refractivity contribution < 1.29 is 9.18 Å². The standard InChI is InChI=1S/C17H16FN7O2S/c1-9-4-5-10(18)6-11(9)20-12(26)7-25-17(27)24-8-19-14-13(15(24)22-25)28-16(21-14)23(2)3/h4-6,8H,7H2,1-3H3,(H,20,26). The summed E-state index contributed by atoms with van der Waals surface area (Å²) in [7, 11) is 3.72. The summed E-state index contributed by atoms with van der Waals surface area (Å²) >= 11 is 1.36. The first-order valence-corrected chi connectivity index (χ1v) is 9.13. The predicted molar refractivity (Wildman–Crippen MR) is 105 cm³/mol. The Kier molecular flexibility index (Phi) is 4.30. The van der Waals surface area contributed by atoms with Crippen molar-refractivity contribution in [3.8, 4) is 0 Å². The molecule has 0 bridgehead atoms. The zero-order chi connectivity index (χ0) is 20.0. The molecule has 4 aromatic rings. The van der Waals surface area contributed by atoms with Gasteiger partial charge in [0.2, 0.25) is 5.91 Å². The average molecular weight is 401 g/mol. The third kappa shape index (κ3) is 3.09. The first-order chi connectivity index (χ1) is 13.3. The van der Waals surface area contributed by atoms with E-state index in [1.807, 2.05) is 19.0 Å². The lowest BCUT2D eigenvalue weighted by molar-refractivity contribution is -0.117. The van der Waals surface area contributed by atoms with Crippen LogP contribution < -0.4 is 15.9 Å². The second kappa shape index (κ2) is 6.68. The Balaban J connectivity index is 1.68. The highest BCUT2D eigenvalue weighted by atomic mass is 32.1. The van der Waals surface area contributed by atoms with Gasteiger partial charge in [0.05, 0.1) is 0 Å². The highest BCUT2D eigenvalue weighted by Gasteiger charge is 2.17. The lowest BCUT2D eigenvalue weighted by Gasteiger charge is -2.07. The van der Waals surface area contributed by atoms with Crippen molar-refractivity contribution in [3.63, 3.8) is 0 Å². The molecule has 0 unspecified atom stereocenters. The van der Waals surface area contributed by atoms with Gasteiger partial charge < -0.3 is 10.2 Å². The molecule has 0 fully saturated rings. The molecule has 0 aliphatic carbocycles. The van der Waals surface area contributed by atoms with Gasteiger partial charge in [-0.05, 0) is 24.6 Å². The molecular formula is C17H16FN7O2S. The van der Waals surface area contributed by atoms with Crippen molar-refractivity contribution in [2.45, 2.75) is 13.5 Å². The maximum absolute atomic E-state index is 13.4. The molecule has 4 rings (SSSR count). The lowest BCUT2D eigenvalue weighted by Crippen LogP contribution is -2.28. The molecule has 1 amide bonds.